The van der Waals surface area contributed by atoms with Gasteiger partial charge in [0.2, 0.25) is 0 Å². The third-order valence-electron chi connectivity index (χ3n) is 3.18. The van der Waals surface area contributed by atoms with Crippen LogP contribution in [0.5, 0.6) is 0 Å². The standard InChI is InChI=1S/C11H24N2O2/c1-2-13-5-3-10(4-6-13)7-12-8-11(15)9-14/h10-12,14-15H,2-9H2,1H3. The Bertz CT molecular complexity index is 159. The van der Waals surface area contributed by atoms with E-state index in [0.29, 0.717) is 6.54 Å². The summed E-state index contributed by atoms with van der Waals surface area (Å²) >= 11 is 0. The van der Waals surface area contributed by atoms with Crippen LogP contribution >= 0.6 is 0 Å². The Hall–Kier alpha value is -0.160. The number of rotatable bonds is 6. The highest BCUT2D eigenvalue weighted by Crippen LogP contribution is 2.15. The van der Waals surface area contributed by atoms with Gasteiger partial charge < -0.3 is 20.4 Å². The molecule has 4 nitrogen and oxygen atoms in total. The molecule has 0 amide bonds. The summed E-state index contributed by atoms with van der Waals surface area (Å²) in [7, 11) is 0. The number of hydrogen-bond acceptors (Lipinski definition) is 4. The van der Waals surface area contributed by atoms with Crippen molar-refractivity contribution < 1.29 is 10.2 Å². The molecule has 0 saturated carbocycles. The second-order valence-corrected chi connectivity index (χ2v) is 4.37. The van der Waals surface area contributed by atoms with Crippen molar-refractivity contribution in [3.8, 4) is 0 Å². The van der Waals surface area contributed by atoms with Crippen LogP contribution < -0.4 is 5.32 Å². The normalized spacial score (nSPS) is 21.8. The zero-order valence-electron chi connectivity index (χ0n) is 9.65. The first-order valence-corrected chi connectivity index (χ1v) is 5.98. The molecule has 0 aromatic rings. The molecule has 15 heavy (non-hydrogen) atoms. The van der Waals surface area contributed by atoms with E-state index in [0.717, 1.165) is 19.0 Å². The molecular weight excluding hydrogens is 192 g/mol. The molecule has 1 heterocycles. The fourth-order valence-electron chi connectivity index (χ4n) is 2.03. The first-order valence-electron chi connectivity index (χ1n) is 5.98. The summed E-state index contributed by atoms with van der Waals surface area (Å²) in [6.07, 6.45) is 1.88. The Labute approximate surface area is 92.3 Å². The third kappa shape index (κ3) is 4.93. The molecular formula is C11H24N2O2. The van der Waals surface area contributed by atoms with Crippen LogP contribution in [0.3, 0.4) is 0 Å². The zero-order chi connectivity index (χ0) is 11.1. The third-order valence-corrected chi connectivity index (χ3v) is 3.18. The second kappa shape index (κ2) is 7.17. The molecule has 1 rings (SSSR count). The average Bonchev–Trinajstić information content (AvgIpc) is 2.29. The van der Waals surface area contributed by atoms with Crippen molar-refractivity contribution >= 4 is 0 Å². The molecule has 1 unspecified atom stereocenters. The van der Waals surface area contributed by atoms with Crippen molar-refractivity contribution in [1.82, 2.24) is 10.2 Å². The van der Waals surface area contributed by atoms with Crippen molar-refractivity contribution in [2.24, 2.45) is 5.92 Å². The smallest absolute Gasteiger partial charge is 0.0894 e. The summed E-state index contributed by atoms with van der Waals surface area (Å²) in [6, 6.07) is 0. The summed E-state index contributed by atoms with van der Waals surface area (Å²) in [5.74, 6) is 0.735. The Balaban J connectivity index is 2.03. The maximum absolute atomic E-state index is 9.15. The minimum Gasteiger partial charge on any atom is -0.394 e. The Morgan fingerprint density at radius 3 is 2.60 bits per heavy atom. The molecule has 90 valence electrons. The Morgan fingerprint density at radius 1 is 1.40 bits per heavy atom. The average molecular weight is 216 g/mol. The van der Waals surface area contributed by atoms with Gasteiger partial charge in [0.15, 0.2) is 0 Å². The van der Waals surface area contributed by atoms with E-state index in [4.69, 9.17) is 10.2 Å². The molecule has 1 aliphatic heterocycles. The van der Waals surface area contributed by atoms with Crippen molar-refractivity contribution in [2.75, 3.05) is 39.3 Å². The van der Waals surface area contributed by atoms with Crippen molar-refractivity contribution in [3.05, 3.63) is 0 Å². The van der Waals surface area contributed by atoms with E-state index in [1.54, 1.807) is 0 Å². The van der Waals surface area contributed by atoms with Crippen LogP contribution in [0.2, 0.25) is 0 Å². The van der Waals surface area contributed by atoms with Crippen LogP contribution in [-0.4, -0.2) is 60.5 Å². The quantitative estimate of drug-likeness (QED) is 0.569. The maximum Gasteiger partial charge on any atom is 0.0894 e. The van der Waals surface area contributed by atoms with E-state index in [1.165, 1.54) is 25.9 Å². The Morgan fingerprint density at radius 2 is 2.07 bits per heavy atom. The van der Waals surface area contributed by atoms with Gasteiger partial charge in [-0.15, -0.1) is 0 Å². The monoisotopic (exact) mass is 216 g/mol. The molecule has 0 aliphatic carbocycles. The fourth-order valence-corrected chi connectivity index (χ4v) is 2.03. The van der Waals surface area contributed by atoms with Gasteiger partial charge in [0.25, 0.3) is 0 Å². The predicted octanol–water partition coefficient (Wildman–Crippen LogP) is -0.339. The van der Waals surface area contributed by atoms with Gasteiger partial charge >= 0.3 is 0 Å². The summed E-state index contributed by atoms with van der Waals surface area (Å²) in [5, 5.41) is 21.0. The summed E-state index contributed by atoms with van der Waals surface area (Å²) < 4.78 is 0. The molecule has 1 atom stereocenters. The van der Waals surface area contributed by atoms with E-state index in [2.05, 4.69) is 17.1 Å². The van der Waals surface area contributed by atoms with Gasteiger partial charge in [-0.2, -0.15) is 0 Å². The first kappa shape index (κ1) is 12.9. The van der Waals surface area contributed by atoms with Crippen molar-refractivity contribution in [2.45, 2.75) is 25.9 Å². The number of aliphatic hydroxyl groups excluding tert-OH is 2. The lowest BCUT2D eigenvalue weighted by Crippen LogP contribution is -2.39. The van der Waals surface area contributed by atoms with Crippen LogP contribution in [0.25, 0.3) is 0 Å². The largest absolute Gasteiger partial charge is 0.394 e. The highest BCUT2D eigenvalue weighted by Gasteiger charge is 2.17. The van der Waals surface area contributed by atoms with Crippen LogP contribution in [0.15, 0.2) is 0 Å². The minimum atomic E-state index is -0.610. The van der Waals surface area contributed by atoms with Gasteiger partial charge in [0, 0.05) is 6.54 Å². The second-order valence-electron chi connectivity index (χ2n) is 4.37. The van der Waals surface area contributed by atoms with Crippen LogP contribution in [0.1, 0.15) is 19.8 Å². The summed E-state index contributed by atoms with van der Waals surface area (Å²) in [5.41, 5.74) is 0. The number of nitrogens with zero attached hydrogens (tertiary/aromatic N) is 1. The lowest BCUT2D eigenvalue weighted by Gasteiger charge is -2.31. The van der Waals surface area contributed by atoms with Crippen molar-refractivity contribution in [3.63, 3.8) is 0 Å². The molecule has 3 N–H and O–H groups in total. The molecule has 0 aromatic carbocycles. The van der Waals surface area contributed by atoms with Gasteiger partial charge in [-0.25, -0.2) is 0 Å². The van der Waals surface area contributed by atoms with Gasteiger partial charge in [-0.3, -0.25) is 0 Å². The van der Waals surface area contributed by atoms with E-state index >= 15 is 0 Å². The molecule has 1 aliphatic rings. The number of piperidine rings is 1. The van der Waals surface area contributed by atoms with E-state index in [9.17, 15) is 0 Å². The molecule has 1 fully saturated rings. The summed E-state index contributed by atoms with van der Waals surface area (Å²) in [6.45, 7) is 7.08. The SMILES string of the molecule is CCN1CCC(CNCC(O)CO)CC1. The predicted molar refractivity (Wildman–Crippen MR) is 60.8 cm³/mol. The van der Waals surface area contributed by atoms with E-state index < -0.39 is 6.10 Å². The molecule has 0 radical (unpaired) electrons. The van der Waals surface area contributed by atoms with Crippen LogP contribution in [0, 0.1) is 5.92 Å². The highest BCUT2D eigenvalue weighted by molar-refractivity contribution is 4.73. The van der Waals surface area contributed by atoms with Gasteiger partial charge in [-0.1, -0.05) is 6.92 Å². The lowest BCUT2D eigenvalue weighted by molar-refractivity contribution is 0.0920. The lowest BCUT2D eigenvalue weighted by atomic mass is 9.97. The molecule has 0 bridgehead atoms. The Kier molecular flexibility index (Phi) is 6.17. The van der Waals surface area contributed by atoms with Crippen LogP contribution in [0.4, 0.5) is 0 Å². The van der Waals surface area contributed by atoms with Gasteiger partial charge in [0.05, 0.1) is 12.7 Å². The zero-order valence-corrected chi connectivity index (χ0v) is 9.65. The number of hydrogen-bond donors (Lipinski definition) is 3. The topological polar surface area (TPSA) is 55.7 Å². The van der Waals surface area contributed by atoms with E-state index in [-0.39, 0.29) is 6.61 Å². The number of nitrogens with one attached hydrogen (secondary N) is 1. The number of aliphatic hydroxyl groups is 2. The first-order chi connectivity index (χ1) is 7.26. The van der Waals surface area contributed by atoms with Crippen molar-refractivity contribution in [1.29, 1.82) is 0 Å². The maximum atomic E-state index is 9.15. The fraction of sp³-hybridized carbons (Fsp3) is 1.00. The molecule has 0 aromatic heterocycles. The van der Waals surface area contributed by atoms with Gasteiger partial charge in [0.1, 0.15) is 0 Å². The van der Waals surface area contributed by atoms with Crippen LogP contribution in [-0.2, 0) is 0 Å². The van der Waals surface area contributed by atoms with Gasteiger partial charge in [-0.05, 0) is 44.9 Å². The van der Waals surface area contributed by atoms with E-state index in [1.807, 2.05) is 0 Å². The summed E-state index contributed by atoms with van der Waals surface area (Å²) in [4.78, 5) is 2.47. The molecule has 4 heteroatoms. The molecule has 0 spiro atoms. The highest BCUT2D eigenvalue weighted by atomic mass is 16.3. The number of likely N-dealkylation sites (tertiary alicyclic amines) is 1. The minimum absolute atomic E-state index is 0.152. The molecule has 1 saturated heterocycles.